The van der Waals surface area contributed by atoms with Gasteiger partial charge in [-0.15, -0.1) is 0 Å². The monoisotopic (exact) mass is 424 g/mol. The lowest BCUT2D eigenvalue weighted by atomic mass is 9.90. The van der Waals surface area contributed by atoms with Gasteiger partial charge in [-0.05, 0) is 38.5 Å². The smallest absolute Gasteiger partial charge is 0.340 e. The van der Waals surface area contributed by atoms with E-state index in [4.69, 9.17) is 4.52 Å². The van der Waals surface area contributed by atoms with Crippen LogP contribution in [-0.4, -0.2) is 49.1 Å². The Balaban J connectivity index is 1.30. The molecule has 0 aromatic carbocycles. The Morgan fingerprint density at radius 2 is 1.90 bits per heavy atom. The Bertz CT molecular complexity index is 936. The molecule has 2 aliphatic heterocycles. The van der Waals surface area contributed by atoms with Gasteiger partial charge in [0.1, 0.15) is 6.54 Å². The Labute approximate surface area is 170 Å². The number of hydrogen-bond donors (Lipinski definition) is 1. The fourth-order valence-corrected chi connectivity index (χ4v) is 4.84. The van der Waals surface area contributed by atoms with Gasteiger partial charge in [0.25, 0.3) is 0 Å². The van der Waals surface area contributed by atoms with Gasteiger partial charge >= 0.3 is 12.2 Å². The largest absolute Gasteiger partial charge is 0.408 e. The summed E-state index contributed by atoms with van der Waals surface area (Å²) >= 11 is 0. The molecule has 5 rings (SSSR count). The SMILES string of the molecule is Cc1nc(C2CC3CCC(C2)N3C(=O)Nc2cn(CC(F)(F)F)nc2C2CC2)no1. The van der Waals surface area contributed by atoms with Crippen LogP contribution in [0.1, 0.15) is 67.8 Å². The van der Waals surface area contributed by atoms with Crippen molar-refractivity contribution in [1.82, 2.24) is 24.8 Å². The second-order valence-electron chi connectivity index (χ2n) is 8.58. The summed E-state index contributed by atoms with van der Waals surface area (Å²) in [6.07, 6.45) is 2.01. The maximum absolute atomic E-state index is 13.1. The molecule has 11 heteroatoms. The van der Waals surface area contributed by atoms with Crippen LogP contribution in [0.4, 0.5) is 23.7 Å². The minimum absolute atomic E-state index is 0.0575. The van der Waals surface area contributed by atoms with Gasteiger partial charge in [0.15, 0.2) is 5.82 Å². The molecular weight excluding hydrogens is 401 g/mol. The second kappa shape index (κ2) is 6.98. The number of alkyl halides is 3. The van der Waals surface area contributed by atoms with Gasteiger partial charge in [-0.3, -0.25) is 4.68 Å². The topological polar surface area (TPSA) is 89.1 Å². The van der Waals surface area contributed by atoms with Gasteiger partial charge in [-0.1, -0.05) is 5.16 Å². The molecule has 3 aliphatic rings. The average Bonchev–Trinajstić information content (AvgIpc) is 3.21. The van der Waals surface area contributed by atoms with Gasteiger partial charge in [-0.2, -0.15) is 23.3 Å². The van der Waals surface area contributed by atoms with Gasteiger partial charge in [0.05, 0.1) is 11.4 Å². The van der Waals surface area contributed by atoms with Crippen molar-refractivity contribution in [1.29, 1.82) is 0 Å². The lowest BCUT2D eigenvalue weighted by molar-refractivity contribution is -0.142. The van der Waals surface area contributed by atoms with E-state index in [-0.39, 0.29) is 30.0 Å². The number of fused-ring (bicyclic) bond motifs is 2. The van der Waals surface area contributed by atoms with Crippen molar-refractivity contribution in [2.45, 2.75) is 82.1 Å². The van der Waals surface area contributed by atoms with E-state index in [0.717, 1.165) is 43.2 Å². The number of halogens is 3. The molecule has 2 bridgehead atoms. The predicted molar refractivity (Wildman–Crippen MR) is 98.9 cm³/mol. The highest BCUT2D eigenvalue weighted by atomic mass is 19.4. The highest BCUT2D eigenvalue weighted by Crippen LogP contribution is 2.45. The van der Waals surface area contributed by atoms with E-state index < -0.39 is 12.7 Å². The number of aryl methyl sites for hydroxylation is 1. The van der Waals surface area contributed by atoms with Crippen molar-refractivity contribution < 1.29 is 22.5 Å². The summed E-state index contributed by atoms with van der Waals surface area (Å²) in [6, 6.07) is -0.150. The molecule has 1 aliphatic carbocycles. The lowest BCUT2D eigenvalue weighted by Crippen LogP contribution is -2.48. The highest BCUT2D eigenvalue weighted by molar-refractivity contribution is 5.90. The van der Waals surface area contributed by atoms with Gasteiger partial charge in [0.2, 0.25) is 5.89 Å². The first-order valence-corrected chi connectivity index (χ1v) is 10.3. The van der Waals surface area contributed by atoms with E-state index >= 15 is 0 Å². The number of aromatic nitrogens is 4. The van der Waals surface area contributed by atoms with Crippen LogP contribution in [-0.2, 0) is 6.54 Å². The van der Waals surface area contributed by atoms with E-state index in [2.05, 4.69) is 20.6 Å². The number of carbonyl (C=O) groups excluding carboxylic acids is 1. The molecule has 30 heavy (non-hydrogen) atoms. The minimum atomic E-state index is -4.36. The molecule has 0 spiro atoms. The van der Waals surface area contributed by atoms with Crippen LogP contribution in [0, 0.1) is 6.92 Å². The molecule has 2 atom stereocenters. The molecule has 8 nitrogen and oxygen atoms in total. The molecule has 4 heterocycles. The van der Waals surface area contributed by atoms with E-state index in [1.54, 1.807) is 6.92 Å². The number of anilines is 1. The van der Waals surface area contributed by atoms with Crippen LogP contribution in [0.5, 0.6) is 0 Å². The van der Waals surface area contributed by atoms with Crippen molar-refractivity contribution >= 4 is 11.7 Å². The van der Waals surface area contributed by atoms with Gasteiger partial charge < -0.3 is 14.7 Å². The molecule has 0 radical (unpaired) electrons. The maximum atomic E-state index is 13.1. The van der Waals surface area contributed by atoms with Crippen LogP contribution < -0.4 is 5.32 Å². The standard InChI is InChI=1S/C19H23F3N6O2/c1-10-23-17(26-30-10)12-6-13-4-5-14(7-12)28(13)18(29)24-15-8-27(9-19(20,21)22)25-16(15)11-2-3-11/h8,11-14H,2-7,9H2,1H3,(H,24,29). The number of piperidine rings is 1. The number of rotatable bonds is 4. The molecule has 3 fully saturated rings. The second-order valence-corrected chi connectivity index (χ2v) is 8.58. The van der Waals surface area contributed by atoms with Crippen molar-refractivity contribution in [2.75, 3.05) is 5.32 Å². The molecule has 2 unspecified atom stereocenters. The van der Waals surface area contributed by atoms with Crippen molar-refractivity contribution in [3.8, 4) is 0 Å². The first-order valence-electron chi connectivity index (χ1n) is 10.3. The Morgan fingerprint density at radius 1 is 1.20 bits per heavy atom. The Kier molecular flexibility index (Phi) is 4.51. The highest BCUT2D eigenvalue weighted by Gasteiger charge is 2.45. The fraction of sp³-hybridized carbons (Fsp3) is 0.684. The van der Waals surface area contributed by atoms with Crippen LogP contribution in [0.3, 0.4) is 0 Å². The van der Waals surface area contributed by atoms with Crippen molar-refractivity contribution in [3.05, 3.63) is 23.6 Å². The maximum Gasteiger partial charge on any atom is 0.408 e. The number of hydrogen-bond acceptors (Lipinski definition) is 5. The number of carbonyl (C=O) groups is 1. The molecule has 2 aromatic heterocycles. The molecule has 2 amide bonds. The summed E-state index contributed by atoms with van der Waals surface area (Å²) in [5.41, 5.74) is 0.944. The Morgan fingerprint density at radius 3 is 2.47 bits per heavy atom. The predicted octanol–water partition coefficient (Wildman–Crippen LogP) is 3.96. The molecular formula is C19H23F3N6O2. The van der Waals surface area contributed by atoms with E-state index in [0.29, 0.717) is 23.1 Å². The van der Waals surface area contributed by atoms with Crippen LogP contribution in [0.2, 0.25) is 0 Å². The zero-order valence-corrected chi connectivity index (χ0v) is 16.5. The lowest BCUT2D eigenvalue weighted by Gasteiger charge is -2.37. The third-order valence-electron chi connectivity index (χ3n) is 6.21. The third-order valence-corrected chi connectivity index (χ3v) is 6.21. The summed E-state index contributed by atoms with van der Waals surface area (Å²) in [6.45, 7) is 0.591. The van der Waals surface area contributed by atoms with E-state index in [1.165, 1.54) is 6.20 Å². The quantitative estimate of drug-likeness (QED) is 0.803. The first-order chi connectivity index (χ1) is 14.3. The molecule has 162 valence electrons. The van der Waals surface area contributed by atoms with Crippen LogP contribution >= 0.6 is 0 Å². The summed E-state index contributed by atoms with van der Waals surface area (Å²) in [5, 5.41) is 11.0. The number of amides is 2. The number of urea groups is 1. The summed E-state index contributed by atoms with van der Waals surface area (Å²) in [4.78, 5) is 19.3. The van der Waals surface area contributed by atoms with Crippen molar-refractivity contribution in [3.63, 3.8) is 0 Å². The van der Waals surface area contributed by atoms with E-state index in [9.17, 15) is 18.0 Å². The van der Waals surface area contributed by atoms with Gasteiger partial charge in [0, 0.05) is 37.0 Å². The summed E-state index contributed by atoms with van der Waals surface area (Å²) < 4.78 is 44.3. The molecule has 2 aromatic rings. The Hall–Kier alpha value is -2.59. The number of nitrogens with one attached hydrogen (secondary N) is 1. The number of nitrogens with zero attached hydrogens (tertiary/aromatic N) is 5. The summed E-state index contributed by atoms with van der Waals surface area (Å²) in [5.74, 6) is 1.49. The molecule has 2 saturated heterocycles. The molecule has 1 saturated carbocycles. The zero-order chi connectivity index (χ0) is 21.0. The molecule has 1 N–H and O–H groups in total. The third kappa shape index (κ3) is 3.77. The summed E-state index contributed by atoms with van der Waals surface area (Å²) in [7, 11) is 0. The van der Waals surface area contributed by atoms with Crippen molar-refractivity contribution in [2.24, 2.45) is 0 Å². The normalized spacial score (nSPS) is 26.3. The fourth-order valence-electron chi connectivity index (χ4n) is 4.84. The van der Waals surface area contributed by atoms with E-state index in [1.807, 2.05) is 4.90 Å². The zero-order valence-electron chi connectivity index (χ0n) is 16.5. The van der Waals surface area contributed by atoms with Crippen LogP contribution in [0.15, 0.2) is 10.7 Å². The first kappa shape index (κ1) is 19.4. The van der Waals surface area contributed by atoms with Gasteiger partial charge in [-0.25, -0.2) is 4.79 Å². The van der Waals surface area contributed by atoms with Crippen LogP contribution in [0.25, 0.3) is 0 Å². The minimum Gasteiger partial charge on any atom is -0.340 e. The average molecular weight is 424 g/mol.